The summed E-state index contributed by atoms with van der Waals surface area (Å²) in [6.07, 6.45) is 0.808. The number of H-pyrrole nitrogens is 1. The van der Waals surface area contributed by atoms with Gasteiger partial charge in [0.25, 0.3) is 0 Å². The number of carbonyl (C=O) groups excluding carboxylic acids is 1. The van der Waals surface area contributed by atoms with Crippen molar-refractivity contribution in [3.05, 3.63) is 54.1 Å². The molecule has 0 saturated heterocycles. The van der Waals surface area contributed by atoms with Crippen LogP contribution in [-0.2, 0) is 4.74 Å². The molecule has 0 amide bonds. The number of anilines is 2. The van der Waals surface area contributed by atoms with Crippen LogP contribution in [0.2, 0.25) is 0 Å². The fourth-order valence-corrected chi connectivity index (χ4v) is 2.15. The molecular formula is C17H17N3O2. The van der Waals surface area contributed by atoms with Crippen LogP contribution in [0.4, 0.5) is 11.6 Å². The van der Waals surface area contributed by atoms with Crippen LogP contribution in [0.25, 0.3) is 11.0 Å². The maximum absolute atomic E-state index is 11.9. The summed E-state index contributed by atoms with van der Waals surface area (Å²) in [5, 5.41) is 3.17. The number of para-hydroxylation sites is 2. The quantitative estimate of drug-likeness (QED) is 0.701. The summed E-state index contributed by atoms with van der Waals surface area (Å²) >= 11 is 0. The van der Waals surface area contributed by atoms with Crippen LogP contribution in [0, 0.1) is 0 Å². The van der Waals surface area contributed by atoms with E-state index >= 15 is 0 Å². The Labute approximate surface area is 128 Å². The van der Waals surface area contributed by atoms with Crippen molar-refractivity contribution in [3.63, 3.8) is 0 Å². The van der Waals surface area contributed by atoms with E-state index in [2.05, 4.69) is 15.3 Å². The number of nitrogens with one attached hydrogen (secondary N) is 2. The van der Waals surface area contributed by atoms with Crippen LogP contribution < -0.4 is 5.32 Å². The van der Waals surface area contributed by atoms with E-state index in [0.717, 1.165) is 23.1 Å². The van der Waals surface area contributed by atoms with E-state index in [-0.39, 0.29) is 5.97 Å². The molecule has 1 heterocycles. The van der Waals surface area contributed by atoms with Crippen molar-refractivity contribution in [2.45, 2.75) is 13.3 Å². The highest BCUT2D eigenvalue weighted by atomic mass is 16.5. The number of hydrogen-bond donors (Lipinski definition) is 2. The Kier molecular flexibility index (Phi) is 4.05. The summed E-state index contributed by atoms with van der Waals surface area (Å²) in [5.74, 6) is 0.329. The van der Waals surface area contributed by atoms with E-state index in [4.69, 9.17) is 4.74 Å². The number of aromatic nitrogens is 2. The summed E-state index contributed by atoms with van der Waals surface area (Å²) < 4.78 is 5.14. The molecular weight excluding hydrogens is 278 g/mol. The lowest BCUT2D eigenvalue weighted by atomic mass is 10.2. The molecule has 0 spiro atoms. The van der Waals surface area contributed by atoms with Gasteiger partial charge >= 0.3 is 5.97 Å². The van der Waals surface area contributed by atoms with E-state index in [1.807, 2.05) is 43.3 Å². The van der Waals surface area contributed by atoms with Crippen LogP contribution in [0.15, 0.2) is 48.5 Å². The summed E-state index contributed by atoms with van der Waals surface area (Å²) in [6.45, 7) is 2.40. The molecule has 0 aliphatic carbocycles. The molecule has 0 unspecified atom stereocenters. The van der Waals surface area contributed by atoms with Crippen LogP contribution >= 0.6 is 0 Å². The smallest absolute Gasteiger partial charge is 0.338 e. The fraction of sp³-hybridized carbons (Fsp3) is 0.176. The Bertz CT molecular complexity index is 762. The lowest BCUT2D eigenvalue weighted by molar-refractivity contribution is 0.0505. The molecule has 22 heavy (non-hydrogen) atoms. The molecule has 3 rings (SSSR count). The van der Waals surface area contributed by atoms with Crippen molar-refractivity contribution >= 4 is 28.6 Å². The average molecular weight is 295 g/mol. The minimum atomic E-state index is -0.310. The van der Waals surface area contributed by atoms with Gasteiger partial charge < -0.3 is 15.0 Å². The number of carbonyl (C=O) groups is 1. The van der Waals surface area contributed by atoms with Crippen molar-refractivity contribution in [1.29, 1.82) is 0 Å². The Morgan fingerprint density at radius 1 is 1.23 bits per heavy atom. The van der Waals surface area contributed by atoms with Gasteiger partial charge in [0.05, 0.1) is 23.2 Å². The number of nitrogens with zero attached hydrogens (tertiary/aromatic N) is 1. The monoisotopic (exact) mass is 295 g/mol. The zero-order chi connectivity index (χ0) is 15.4. The predicted octanol–water partition coefficient (Wildman–Crippen LogP) is 3.87. The summed E-state index contributed by atoms with van der Waals surface area (Å²) in [5.41, 5.74) is 3.16. The molecule has 5 heteroatoms. The van der Waals surface area contributed by atoms with Gasteiger partial charge in [0.1, 0.15) is 0 Å². The summed E-state index contributed by atoms with van der Waals surface area (Å²) in [7, 11) is 0. The topological polar surface area (TPSA) is 67.0 Å². The molecule has 0 saturated carbocycles. The van der Waals surface area contributed by atoms with Gasteiger partial charge in [0, 0.05) is 5.69 Å². The van der Waals surface area contributed by atoms with Crippen molar-refractivity contribution in [3.8, 4) is 0 Å². The standard InChI is InChI=1S/C17H17N3O2/c1-2-10-22-16(21)12-6-5-7-13(11-12)18-17-19-14-8-3-4-9-15(14)20-17/h3-9,11H,2,10H2,1H3,(H2,18,19,20). The van der Waals surface area contributed by atoms with E-state index in [1.165, 1.54) is 0 Å². The third-order valence-electron chi connectivity index (χ3n) is 3.19. The average Bonchev–Trinajstić information content (AvgIpc) is 2.95. The Hall–Kier alpha value is -2.82. The Balaban J connectivity index is 1.78. The molecule has 1 aromatic heterocycles. The number of ether oxygens (including phenoxy) is 1. The third kappa shape index (κ3) is 3.09. The van der Waals surface area contributed by atoms with E-state index in [1.54, 1.807) is 12.1 Å². The highest BCUT2D eigenvalue weighted by Crippen LogP contribution is 2.19. The minimum absolute atomic E-state index is 0.310. The fourth-order valence-electron chi connectivity index (χ4n) is 2.15. The van der Waals surface area contributed by atoms with Gasteiger partial charge in [-0.2, -0.15) is 0 Å². The van der Waals surface area contributed by atoms with Crippen molar-refractivity contribution < 1.29 is 9.53 Å². The second-order valence-corrected chi connectivity index (χ2v) is 4.94. The van der Waals surface area contributed by atoms with Crippen molar-refractivity contribution in [2.75, 3.05) is 11.9 Å². The van der Waals surface area contributed by atoms with Crippen LogP contribution in [0.5, 0.6) is 0 Å². The first-order chi connectivity index (χ1) is 10.8. The highest BCUT2D eigenvalue weighted by Gasteiger charge is 2.08. The predicted molar refractivity (Wildman–Crippen MR) is 86.4 cm³/mol. The lowest BCUT2D eigenvalue weighted by Gasteiger charge is -2.06. The number of hydrogen-bond acceptors (Lipinski definition) is 4. The molecule has 3 aromatic rings. The van der Waals surface area contributed by atoms with Crippen LogP contribution in [-0.4, -0.2) is 22.5 Å². The first-order valence-corrected chi connectivity index (χ1v) is 7.25. The maximum atomic E-state index is 11.9. The zero-order valence-corrected chi connectivity index (χ0v) is 12.3. The molecule has 0 aliphatic rings. The zero-order valence-electron chi connectivity index (χ0n) is 12.3. The number of rotatable bonds is 5. The van der Waals surface area contributed by atoms with E-state index in [9.17, 15) is 4.79 Å². The Morgan fingerprint density at radius 3 is 2.91 bits per heavy atom. The van der Waals surface area contributed by atoms with Gasteiger partial charge in [-0.3, -0.25) is 0 Å². The van der Waals surface area contributed by atoms with Crippen molar-refractivity contribution in [2.24, 2.45) is 0 Å². The molecule has 0 radical (unpaired) electrons. The molecule has 0 aliphatic heterocycles. The highest BCUT2D eigenvalue weighted by molar-refractivity contribution is 5.90. The van der Waals surface area contributed by atoms with Gasteiger partial charge in [0.2, 0.25) is 5.95 Å². The molecule has 112 valence electrons. The number of imidazole rings is 1. The molecule has 0 fully saturated rings. The van der Waals surface area contributed by atoms with Gasteiger partial charge in [-0.15, -0.1) is 0 Å². The maximum Gasteiger partial charge on any atom is 0.338 e. The van der Waals surface area contributed by atoms with E-state index < -0.39 is 0 Å². The first kappa shape index (κ1) is 14.1. The molecule has 0 atom stereocenters. The third-order valence-corrected chi connectivity index (χ3v) is 3.19. The molecule has 2 aromatic carbocycles. The van der Waals surface area contributed by atoms with E-state index in [0.29, 0.717) is 18.1 Å². The second kappa shape index (κ2) is 6.30. The molecule has 5 nitrogen and oxygen atoms in total. The molecule has 2 N–H and O–H groups in total. The van der Waals surface area contributed by atoms with Gasteiger partial charge in [-0.25, -0.2) is 9.78 Å². The number of aromatic amines is 1. The number of benzene rings is 2. The number of esters is 1. The summed E-state index contributed by atoms with van der Waals surface area (Å²) in [6, 6.07) is 15.0. The van der Waals surface area contributed by atoms with Crippen molar-refractivity contribution in [1.82, 2.24) is 9.97 Å². The van der Waals surface area contributed by atoms with Gasteiger partial charge in [0.15, 0.2) is 0 Å². The largest absolute Gasteiger partial charge is 0.462 e. The SMILES string of the molecule is CCCOC(=O)c1cccc(Nc2nc3ccccc3[nH]2)c1. The number of fused-ring (bicyclic) bond motifs is 1. The normalized spacial score (nSPS) is 10.6. The lowest BCUT2D eigenvalue weighted by Crippen LogP contribution is -2.06. The van der Waals surface area contributed by atoms with Crippen LogP contribution in [0.3, 0.4) is 0 Å². The summed E-state index contributed by atoms with van der Waals surface area (Å²) in [4.78, 5) is 19.5. The molecule has 0 bridgehead atoms. The van der Waals surface area contributed by atoms with Gasteiger partial charge in [-0.05, 0) is 36.8 Å². The first-order valence-electron chi connectivity index (χ1n) is 7.25. The Morgan fingerprint density at radius 2 is 2.09 bits per heavy atom. The van der Waals surface area contributed by atoms with Gasteiger partial charge in [-0.1, -0.05) is 25.1 Å². The second-order valence-electron chi connectivity index (χ2n) is 4.94. The van der Waals surface area contributed by atoms with Crippen LogP contribution in [0.1, 0.15) is 23.7 Å². The minimum Gasteiger partial charge on any atom is -0.462 e.